The van der Waals surface area contributed by atoms with E-state index >= 15 is 4.39 Å². The molecule has 16 heteroatoms. The molecule has 4 rings (SSSR count). The van der Waals surface area contributed by atoms with Crippen LogP contribution >= 0.6 is 0 Å². The van der Waals surface area contributed by atoms with Crippen molar-refractivity contribution in [2.75, 3.05) is 35.1 Å². The van der Waals surface area contributed by atoms with Gasteiger partial charge in [0.15, 0.2) is 5.82 Å². The molecule has 3 heterocycles. The average Bonchev–Trinajstić information content (AvgIpc) is 2.86. The summed E-state index contributed by atoms with van der Waals surface area (Å²) in [5.74, 6) is -3.52. The lowest BCUT2D eigenvalue weighted by Gasteiger charge is -2.22. The molecule has 5 N–H and O–H groups in total. The van der Waals surface area contributed by atoms with Crippen LogP contribution in [0.5, 0.6) is 5.88 Å². The van der Waals surface area contributed by atoms with Crippen LogP contribution in [0.15, 0.2) is 6.07 Å². The fourth-order valence-corrected chi connectivity index (χ4v) is 5.03. The minimum Gasteiger partial charge on any atom is -0.474 e. The van der Waals surface area contributed by atoms with Gasteiger partial charge in [0.2, 0.25) is 21.9 Å². The average molecular weight is 590 g/mol. The summed E-state index contributed by atoms with van der Waals surface area (Å²) in [4.78, 5) is 12.3. The van der Waals surface area contributed by atoms with Crippen LogP contribution in [0.1, 0.15) is 37.8 Å². The molecule has 2 aromatic heterocycles. The first-order valence-corrected chi connectivity index (χ1v) is 14.2. The molecular weight excluding hydrogens is 561 g/mol. The zero-order valence-corrected chi connectivity index (χ0v) is 22.8. The van der Waals surface area contributed by atoms with Gasteiger partial charge in [-0.25, -0.2) is 27.2 Å². The quantitative estimate of drug-likeness (QED) is 0.260. The van der Waals surface area contributed by atoms with Crippen molar-refractivity contribution in [3.05, 3.63) is 28.8 Å². The number of ether oxygens (including phenoxy) is 1. The van der Waals surface area contributed by atoms with Gasteiger partial charge in [-0.1, -0.05) is 6.92 Å². The lowest BCUT2D eigenvalue weighted by molar-refractivity contribution is -0.137. The van der Waals surface area contributed by atoms with Gasteiger partial charge in [-0.2, -0.15) is 18.2 Å². The van der Waals surface area contributed by atoms with E-state index in [1.165, 1.54) is 0 Å². The summed E-state index contributed by atoms with van der Waals surface area (Å²) in [6.45, 7) is 5.28. The molecule has 1 unspecified atom stereocenters. The van der Waals surface area contributed by atoms with Crippen LogP contribution in [0.2, 0.25) is 0 Å². The maximum atomic E-state index is 16.2. The van der Waals surface area contributed by atoms with E-state index in [0.29, 0.717) is 19.0 Å². The van der Waals surface area contributed by atoms with Crippen molar-refractivity contribution >= 4 is 38.4 Å². The number of halogens is 5. The number of benzene rings is 1. The fraction of sp³-hybridized carbons (Fsp3) is 0.458. The van der Waals surface area contributed by atoms with Crippen LogP contribution in [0.4, 0.5) is 39.4 Å². The van der Waals surface area contributed by atoms with Gasteiger partial charge < -0.3 is 21.1 Å². The van der Waals surface area contributed by atoms with Crippen molar-refractivity contribution in [2.24, 2.45) is 0 Å². The van der Waals surface area contributed by atoms with E-state index in [1.54, 1.807) is 6.92 Å². The number of alkyl halides is 3. The highest BCUT2D eigenvalue weighted by Crippen LogP contribution is 2.44. The SMILES string of the molecule is CCC1C[C@H](C)Oc2nc(-c3cc(N)c(F)c(C)c3C(F)(F)F)c(F)c3nc(NS(C)(=O)=O)nc(c23)NCCN1. The minimum atomic E-state index is -5.11. The first-order chi connectivity index (χ1) is 18.6. The number of hydrogen-bond acceptors (Lipinski definition) is 9. The molecule has 1 aliphatic rings. The van der Waals surface area contributed by atoms with Crippen molar-refractivity contribution in [2.45, 2.75) is 51.9 Å². The Labute approximate surface area is 227 Å². The van der Waals surface area contributed by atoms with Crippen LogP contribution in [0, 0.1) is 18.6 Å². The zero-order chi connectivity index (χ0) is 29.6. The minimum absolute atomic E-state index is 0.0124. The third kappa shape index (κ3) is 5.96. The van der Waals surface area contributed by atoms with Crippen molar-refractivity contribution in [3.63, 3.8) is 0 Å². The number of nitrogen functional groups attached to an aromatic ring is 1. The standard InChI is InChI=1S/C24H28F5N7O3S/c1-5-12-8-10(2)39-22-15-20(34-23(36-40(4,37)38)35-21(15)32-7-6-31-12)18(26)19(33-22)13-9-14(30)17(25)11(3)16(13)24(27,28)29/h9-10,12,31H,5-8,30H2,1-4H3,(H2,32,34,35,36)/t10-,12?/m0/s1. The van der Waals surface area contributed by atoms with E-state index in [2.05, 4.69) is 30.3 Å². The lowest BCUT2D eigenvalue weighted by atomic mass is 9.96. The van der Waals surface area contributed by atoms with Gasteiger partial charge >= 0.3 is 6.18 Å². The Hall–Kier alpha value is -3.53. The van der Waals surface area contributed by atoms with Gasteiger partial charge in [0.05, 0.1) is 23.6 Å². The summed E-state index contributed by atoms with van der Waals surface area (Å²) >= 11 is 0. The van der Waals surface area contributed by atoms with Crippen molar-refractivity contribution in [1.29, 1.82) is 0 Å². The van der Waals surface area contributed by atoms with Crippen LogP contribution in [-0.2, 0) is 16.2 Å². The predicted octanol–water partition coefficient (Wildman–Crippen LogP) is 4.20. The topological polar surface area (TPSA) is 144 Å². The molecule has 0 bridgehead atoms. The van der Waals surface area contributed by atoms with Gasteiger partial charge in [-0.3, -0.25) is 4.72 Å². The second-order valence-electron chi connectivity index (χ2n) is 9.55. The summed E-state index contributed by atoms with van der Waals surface area (Å²) in [6.07, 6.45) is -3.61. The maximum Gasteiger partial charge on any atom is 0.417 e. The Balaban J connectivity index is 2.10. The first-order valence-electron chi connectivity index (χ1n) is 12.3. The number of nitrogens with one attached hydrogen (secondary N) is 3. The molecule has 0 aliphatic carbocycles. The Morgan fingerprint density at radius 3 is 2.50 bits per heavy atom. The molecule has 218 valence electrons. The normalized spacial score (nSPS) is 18.5. The smallest absolute Gasteiger partial charge is 0.417 e. The number of aromatic nitrogens is 3. The Bertz CT molecular complexity index is 1570. The summed E-state index contributed by atoms with van der Waals surface area (Å²) in [7, 11) is -3.93. The second kappa shape index (κ2) is 10.8. The molecule has 2 atom stereocenters. The number of pyridine rings is 1. The van der Waals surface area contributed by atoms with E-state index < -0.39 is 73.5 Å². The second-order valence-corrected chi connectivity index (χ2v) is 11.3. The highest BCUT2D eigenvalue weighted by atomic mass is 32.2. The van der Waals surface area contributed by atoms with Crippen LogP contribution in [0.25, 0.3) is 22.2 Å². The van der Waals surface area contributed by atoms with E-state index in [4.69, 9.17) is 10.5 Å². The zero-order valence-electron chi connectivity index (χ0n) is 22.0. The highest BCUT2D eigenvalue weighted by molar-refractivity contribution is 7.92. The molecule has 40 heavy (non-hydrogen) atoms. The van der Waals surface area contributed by atoms with E-state index in [0.717, 1.165) is 19.6 Å². The molecular formula is C24H28F5N7O3S. The van der Waals surface area contributed by atoms with Gasteiger partial charge in [0.25, 0.3) is 0 Å². The van der Waals surface area contributed by atoms with Crippen molar-refractivity contribution in [3.8, 4) is 17.1 Å². The molecule has 0 saturated heterocycles. The molecule has 1 aliphatic heterocycles. The molecule has 0 spiro atoms. The summed E-state index contributed by atoms with van der Waals surface area (Å²) in [6, 6.07) is 0.662. The molecule has 3 aromatic rings. The molecule has 0 amide bonds. The summed E-state index contributed by atoms with van der Waals surface area (Å²) < 4.78 is 105. The lowest BCUT2D eigenvalue weighted by Crippen LogP contribution is -2.35. The Morgan fingerprint density at radius 1 is 1.18 bits per heavy atom. The van der Waals surface area contributed by atoms with E-state index in [-0.39, 0.29) is 29.7 Å². The number of nitrogens with two attached hydrogens (primary N) is 1. The predicted molar refractivity (Wildman–Crippen MR) is 141 cm³/mol. The third-order valence-corrected chi connectivity index (χ3v) is 6.92. The molecule has 1 aromatic carbocycles. The highest BCUT2D eigenvalue weighted by Gasteiger charge is 2.39. The molecule has 0 radical (unpaired) electrons. The molecule has 0 fully saturated rings. The van der Waals surface area contributed by atoms with Gasteiger partial charge in [0.1, 0.15) is 28.2 Å². The fourth-order valence-electron chi connectivity index (χ4n) is 4.61. The van der Waals surface area contributed by atoms with Crippen molar-refractivity contribution < 1.29 is 35.1 Å². The first kappa shape index (κ1) is 29.5. The van der Waals surface area contributed by atoms with E-state index in [9.17, 15) is 26.0 Å². The molecule has 10 nitrogen and oxygen atoms in total. The van der Waals surface area contributed by atoms with Crippen LogP contribution in [0.3, 0.4) is 0 Å². The van der Waals surface area contributed by atoms with Gasteiger partial charge in [-0.15, -0.1) is 0 Å². The number of sulfonamides is 1. The monoisotopic (exact) mass is 589 g/mol. The van der Waals surface area contributed by atoms with Crippen LogP contribution < -0.4 is 25.8 Å². The summed E-state index contributed by atoms with van der Waals surface area (Å²) in [5, 5.41) is 6.20. The van der Waals surface area contributed by atoms with Gasteiger partial charge in [-0.05, 0) is 38.3 Å². The van der Waals surface area contributed by atoms with Crippen LogP contribution in [-0.4, -0.2) is 54.9 Å². The maximum absolute atomic E-state index is 16.2. The Morgan fingerprint density at radius 2 is 1.88 bits per heavy atom. The number of hydrogen-bond donors (Lipinski definition) is 4. The largest absolute Gasteiger partial charge is 0.474 e. The van der Waals surface area contributed by atoms with Gasteiger partial charge in [0, 0.05) is 24.7 Å². The van der Waals surface area contributed by atoms with Crippen molar-refractivity contribution in [1.82, 2.24) is 20.3 Å². The number of nitrogens with zero attached hydrogens (tertiary/aromatic N) is 3. The number of anilines is 3. The Kier molecular flexibility index (Phi) is 7.95. The summed E-state index contributed by atoms with van der Waals surface area (Å²) in [5.41, 5.74) is 0.431. The number of rotatable bonds is 4. The van der Waals surface area contributed by atoms with E-state index in [1.807, 2.05) is 6.92 Å². The molecule has 0 saturated carbocycles. The third-order valence-electron chi connectivity index (χ3n) is 6.37.